The second-order valence-corrected chi connectivity index (χ2v) is 2.55. The van der Waals surface area contributed by atoms with Gasteiger partial charge >= 0.3 is 5.97 Å². The molecule has 4 nitrogen and oxygen atoms in total. The summed E-state index contributed by atoms with van der Waals surface area (Å²) in [7, 11) is 0. The van der Waals surface area contributed by atoms with E-state index in [0.29, 0.717) is 25.9 Å². The molecule has 0 aromatic rings. The minimum absolute atomic E-state index is 0.232. The number of hydrogen-bond donors (Lipinski definition) is 0. The van der Waals surface area contributed by atoms with Crippen LogP contribution in [-0.2, 0) is 14.3 Å². The van der Waals surface area contributed by atoms with E-state index in [9.17, 15) is 9.59 Å². The highest BCUT2D eigenvalue weighted by molar-refractivity contribution is 5.93. The number of hydrogen-bond acceptors (Lipinski definition) is 4. The summed E-state index contributed by atoms with van der Waals surface area (Å²) in [5.74, 6) is -0.671. The first kappa shape index (κ1) is 11.6. The molecule has 0 aliphatic carbocycles. The molecule has 0 aromatic carbocycles. The third kappa shape index (κ3) is 7.01. The summed E-state index contributed by atoms with van der Waals surface area (Å²) in [5.41, 5.74) is 0. The fourth-order valence-electron chi connectivity index (χ4n) is 0.844. The molecule has 0 rings (SSSR count). The van der Waals surface area contributed by atoms with E-state index in [4.69, 9.17) is 5.26 Å². The van der Waals surface area contributed by atoms with Crippen molar-refractivity contribution in [2.45, 2.75) is 32.6 Å². The van der Waals surface area contributed by atoms with E-state index in [-0.39, 0.29) is 12.4 Å². The Morgan fingerprint density at radius 1 is 1.31 bits per heavy atom. The molecule has 4 heteroatoms. The minimum Gasteiger partial charge on any atom is -0.466 e. The number of unbranched alkanes of at least 4 members (excludes halogenated alkanes) is 1. The Kier molecular flexibility index (Phi) is 6.52. The molecule has 0 unspecified atom stereocenters. The number of carbonyl (C=O) groups is 2. The van der Waals surface area contributed by atoms with Crippen molar-refractivity contribution in [2.24, 2.45) is 0 Å². The van der Waals surface area contributed by atoms with Gasteiger partial charge in [0, 0.05) is 12.8 Å². The highest BCUT2D eigenvalue weighted by Gasteiger charge is 2.03. The average Bonchev–Trinajstić information content (AvgIpc) is 2.12. The van der Waals surface area contributed by atoms with Gasteiger partial charge in [-0.25, -0.2) is 0 Å². The Balaban J connectivity index is 3.31. The highest BCUT2D eigenvalue weighted by Crippen LogP contribution is 2.01. The van der Waals surface area contributed by atoms with E-state index in [2.05, 4.69) is 4.74 Å². The molecule has 0 aliphatic heterocycles. The van der Waals surface area contributed by atoms with Gasteiger partial charge in [-0.05, 0) is 19.8 Å². The number of ketones is 1. The Labute approximate surface area is 77.5 Å². The molecule has 0 saturated carbocycles. The first-order valence-electron chi connectivity index (χ1n) is 4.29. The Hall–Kier alpha value is -1.37. The maximum absolute atomic E-state index is 10.8. The number of esters is 1. The Bertz CT molecular complexity index is 217. The van der Waals surface area contributed by atoms with Crippen molar-refractivity contribution in [3.05, 3.63) is 0 Å². The first-order chi connectivity index (χ1) is 6.20. The molecule has 0 heterocycles. The molecule has 0 aromatic heterocycles. The van der Waals surface area contributed by atoms with Crippen molar-refractivity contribution in [3.63, 3.8) is 0 Å². The van der Waals surface area contributed by atoms with Crippen LogP contribution in [0.5, 0.6) is 0 Å². The van der Waals surface area contributed by atoms with E-state index in [1.54, 1.807) is 6.92 Å². The zero-order chi connectivity index (χ0) is 10.1. The average molecular weight is 183 g/mol. The van der Waals surface area contributed by atoms with Gasteiger partial charge < -0.3 is 4.74 Å². The lowest BCUT2D eigenvalue weighted by atomic mass is 10.1. The maximum Gasteiger partial charge on any atom is 0.305 e. The van der Waals surface area contributed by atoms with Crippen LogP contribution in [0.4, 0.5) is 0 Å². The van der Waals surface area contributed by atoms with Crippen molar-refractivity contribution in [1.29, 1.82) is 5.26 Å². The van der Waals surface area contributed by atoms with Crippen molar-refractivity contribution in [3.8, 4) is 6.07 Å². The number of carbonyl (C=O) groups excluding carboxylic acids is 2. The number of nitriles is 1. The monoisotopic (exact) mass is 183 g/mol. The third-order valence-corrected chi connectivity index (χ3v) is 1.46. The zero-order valence-electron chi connectivity index (χ0n) is 7.71. The minimum atomic E-state index is -0.427. The van der Waals surface area contributed by atoms with Gasteiger partial charge in [0.25, 0.3) is 0 Å². The third-order valence-electron chi connectivity index (χ3n) is 1.46. The number of ether oxygens (including phenoxy) is 1. The van der Waals surface area contributed by atoms with Crippen molar-refractivity contribution < 1.29 is 14.3 Å². The fourth-order valence-corrected chi connectivity index (χ4v) is 0.844. The van der Waals surface area contributed by atoms with Crippen LogP contribution in [0.3, 0.4) is 0 Å². The molecular weight excluding hydrogens is 170 g/mol. The summed E-state index contributed by atoms with van der Waals surface area (Å²) in [5, 5.41) is 8.14. The smallest absolute Gasteiger partial charge is 0.305 e. The molecule has 72 valence electrons. The molecule has 0 spiro atoms. The second kappa shape index (κ2) is 7.29. The summed E-state index contributed by atoms with van der Waals surface area (Å²) in [6, 6.07) is 1.52. The molecule has 0 fully saturated rings. The van der Waals surface area contributed by atoms with Gasteiger partial charge in [0.05, 0.1) is 6.61 Å². The van der Waals surface area contributed by atoms with E-state index in [1.807, 2.05) is 0 Å². The lowest BCUT2D eigenvalue weighted by molar-refractivity contribution is -0.143. The summed E-state index contributed by atoms with van der Waals surface area (Å²) in [6.07, 6.45) is 1.74. The zero-order valence-corrected chi connectivity index (χ0v) is 7.71. The summed E-state index contributed by atoms with van der Waals surface area (Å²) in [6.45, 7) is 2.13. The van der Waals surface area contributed by atoms with E-state index >= 15 is 0 Å². The van der Waals surface area contributed by atoms with Crippen LogP contribution in [0.25, 0.3) is 0 Å². The lowest BCUT2D eigenvalue weighted by Crippen LogP contribution is -2.03. The largest absolute Gasteiger partial charge is 0.466 e. The predicted molar refractivity (Wildman–Crippen MR) is 45.7 cm³/mol. The van der Waals surface area contributed by atoms with E-state index in [1.165, 1.54) is 6.07 Å². The summed E-state index contributed by atoms with van der Waals surface area (Å²) in [4.78, 5) is 21.3. The molecule has 0 amide bonds. The Morgan fingerprint density at radius 2 is 1.92 bits per heavy atom. The van der Waals surface area contributed by atoms with Crippen LogP contribution in [0, 0.1) is 11.3 Å². The standard InChI is InChI=1S/C9H13NO3/c1-2-13-9(12)6-4-3-5-8(11)7-10/h2-6H2,1H3. The number of Topliss-reactive ketones (excluding diaryl/α,β-unsaturated/α-hetero) is 1. The van der Waals surface area contributed by atoms with Crippen LogP contribution in [0.1, 0.15) is 32.6 Å². The van der Waals surface area contributed by atoms with Crippen molar-refractivity contribution >= 4 is 11.8 Å². The van der Waals surface area contributed by atoms with Crippen LogP contribution in [-0.4, -0.2) is 18.4 Å². The quantitative estimate of drug-likeness (QED) is 0.352. The van der Waals surface area contributed by atoms with Gasteiger partial charge in [-0.15, -0.1) is 0 Å². The molecule has 0 atom stereocenters. The lowest BCUT2D eigenvalue weighted by Gasteiger charge is -1.99. The van der Waals surface area contributed by atoms with E-state index < -0.39 is 5.78 Å². The van der Waals surface area contributed by atoms with Gasteiger partial charge in [-0.3, -0.25) is 9.59 Å². The fraction of sp³-hybridized carbons (Fsp3) is 0.667. The molecule has 0 N–H and O–H groups in total. The Morgan fingerprint density at radius 3 is 2.46 bits per heavy atom. The van der Waals surface area contributed by atoms with Crippen LogP contribution in [0.15, 0.2) is 0 Å². The predicted octanol–water partition coefficient (Wildman–Crippen LogP) is 1.20. The molecule has 0 radical (unpaired) electrons. The highest BCUT2D eigenvalue weighted by atomic mass is 16.5. The van der Waals surface area contributed by atoms with Gasteiger partial charge in [-0.2, -0.15) is 5.26 Å². The van der Waals surface area contributed by atoms with Crippen LogP contribution in [0.2, 0.25) is 0 Å². The maximum atomic E-state index is 10.8. The summed E-state index contributed by atoms with van der Waals surface area (Å²) >= 11 is 0. The number of rotatable bonds is 6. The van der Waals surface area contributed by atoms with Crippen molar-refractivity contribution in [2.75, 3.05) is 6.61 Å². The molecule has 0 bridgehead atoms. The first-order valence-corrected chi connectivity index (χ1v) is 4.29. The van der Waals surface area contributed by atoms with Gasteiger partial charge in [-0.1, -0.05) is 0 Å². The van der Waals surface area contributed by atoms with Crippen molar-refractivity contribution in [1.82, 2.24) is 0 Å². The molecule has 0 aliphatic rings. The normalized spacial score (nSPS) is 8.92. The molecular formula is C9H13NO3. The SMILES string of the molecule is CCOC(=O)CCCCC(=O)C#N. The second-order valence-electron chi connectivity index (χ2n) is 2.55. The van der Waals surface area contributed by atoms with Gasteiger partial charge in [0.1, 0.15) is 6.07 Å². The molecule has 0 saturated heterocycles. The van der Waals surface area contributed by atoms with Crippen LogP contribution < -0.4 is 0 Å². The molecule has 13 heavy (non-hydrogen) atoms. The summed E-state index contributed by atoms with van der Waals surface area (Å²) < 4.78 is 4.69. The van der Waals surface area contributed by atoms with Crippen LogP contribution >= 0.6 is 0 Å². The van der Waals surface area contributed by atoms with Gasteiger partial charge in [0.15, 0.2) is 0 Å². The number of nitrogens with zero attached hydrogens (tertiary/aromatic N) is 1. The van der Waals surface area contributed by atoms with Gasteiger partial charge in [0.2, 0.25) is 5.78 Å². The van der Waals surface area contributed by atoms with E-state index in [0.717, 1.165) is 0 Å². The topological polar surface area (TPSA) is 67.2 Å².